The number of carbonyl (C=O) groups is 1. The van der Waals surface area contributed by atoms with Crippen LogP contribution in [0, 0.1) is 0 Å². The first kappa shape index (κ1) is 14.1. The molecule has 0 fully saturated rings. The lowest BCUT2D eigenvalue weighted by Crippen LogP contribution is -2.48. The van der Waals surface area contributed by atoms with Crippen LogP contribution in [0.5, 0.6) is 0 Å². The van der Waals surface area contributed by atoms with Crippen molar-refractivity contribution in [3.05, 3.63) is 12.7 Å². The highest BCUT2D eigenvalue weighted by Gasteiger charge is 2.40. The van der Waals surface area contributed by atoms with Crippen LogP contribution in [0.2, 0.25) is 0 Å². The third-order valence-electron chi connectivity index (χ3n) is 1.23. The maximum Gasteiger partial charge on any atom is 0.403 e. The van der Waals surface area contributed by atoms with Crippen molar-refractivity contribution in [2.75, 3.05) is 19.8 Å². The molecule has 0 heterocycles. The van der Waals surface area contributed by atoms with E-state index < -0.39 is 11.1 Å². The molecule has 0 rings (SSSR count). The Balaban J connectivity index is 4.58. The molecule has 0 bridgehead atoms. The van der Waals surface area contributed by atoms with Crippen molar-refractivity contribution >= 4 is 5.97 Å². The zero-order chi connectivity index (χ0) is 11.7. The Morgan fingerprint density at radius 2 is 1.53 bits per heavy atom. The highest BCUT2D eigenvalue weighted by atomic mass is 17.4. The van der Waals surface area contributed by atoms with Crippen LogP contribution in [0.15, 0.2) is 12.7 Å². The van der Waals surface area contributed by atoms with Gasteiger partial charge in [-0.2, -0.15) is 4.84 Å². The van der Waals surface area contributed by atoms with Gasteiger partial charge in [0, 0.05) is 6.08 Å². The van der Waals surface area contributed by atoms with Crippen molar-refractivity contribution in [3.63, 3.8) is 0 Å². The molecule has 6 nitrogen and oxygen atoms in total. The SMILES string of the molecule is C=CC(=O)O[N+](OCC)(OCC)OCC. The van der Waals surface area contributed by atoms with Gasteiger partial charge in [0.15, 0.2) is 0 Å². The first-order valence-electron chi connectivity index (χ1n) is 4.82. The van der Waals surface area contributed by atoms with E-state index in [9.17, 15) is 4.79 Å². The van der Waals surface area contributed by atoms with Crippen molar-refractivity contribution in [1.82, 2.24) is 0 Å². The molecule has 0 atom stereocenters. The predicted octanol–water partition coefficient (Wildman–Crippen LogP) is 1.30. The van der Waals surface area contributed by atoms with Gasteiger partial charge in [-0.15, -0.1) is 0 Å². The number of hydrogen-bond acceptors (Lipinski definition) is 5. The molecule has 0 N–H and O–H groups in total. The quantitative estimate of drug-likeness (QED) is 0.350. The van der Waals surface area contributed by atoms with Crippen molar-refractivity contribution in [2.24, 2.45) is 0 Å². The minimum Gasteiger partial charge on any atom is -0.240 e. The molecule has 0 aromatic rings. The number of quaternary nitrogens is 1. The summed E-state index contributed by atoms with van der Waals surface area (Å²) < 4.78 is 0. The van der Waals surface area contributed by atoms with E-state index in [-0.39, 0.29) is 19.8 Å². The highest BCUT2D eigenvalue weighted by Crippen LogP contribution is 2.13. The molecular weight excluding hydrogens is 202 g/mol. The Bertz CT molecular complexity index is 190. The van der Waals surface area contributed by atoms with Crippen LogP contribution < -0.4 is 0 Å². The summed E-state index contributed by atoms with van der Waals surface area (Å²) in [4.78, 5) is 31.1. The van der Waals surface area contributed by atoms with E-state index in [1.54, 1.807) is 20.8 Å². The average molecular weight is 220 g/mol. The molecular formula is C9H18NO5+. The van der Waals surface area contributed by atoms with Gasteiger partial charge >= 0.3 is 5.97 Å². The standard InChI is InChI=1S/C9H18NO5/c1-5-9(11)15-10(12-6-2,13-7-3)14-8-4/h5H,1,6-8H2,2-4H3/q+1. The smallest absolute Gasteiger partial charge is 0.240 e. The van der Waals surface area contributed by atoms with Gasteiger partial charge in [-0.3, -0.25) is 0 Å². The zero-order valence-electron chi connectivity index (χ0n) is 9.39. The molecule has 0 saturated carbocycles. The minimum atomic E-state index is -1.05. The van der Waals surface area contributed by atoms with Gasteiger partial charge < -0.3 is 0 Å². The van der Waals surface area contributed by atoms with Crippen molar-refractivity contribution in [3.8, 4) is 0 Å². The maximum atomic E-state index is 11.1. The first-order valence-corrected chi connectivity index (χ1v) is 4.82. The molecule has 0 aliphatic rings. The number of rotatable bonds is 8. The Hall–Kier alpha value is -0.950. The van der Waals surface area contributed by atoms with Gasteiger partial charge in [-0.1, -0.05) is 21.1 Å². The molecule has 0 aromatic heterocycles. The second-order valence-electron chi connectivity index (χ2n) is 2.31. The molecule has 0 spiro atoms. The Morgan fingerprint density at radius 3 is 1.80 bits per heavy atom. The molecule has 0 unspecified atom stereocenters. The van der Waals surface area contributed by atoms with Crippen LogP contribution in [0.1, 0.15) is 20.8 Å². The lowest BCUT2D eigenvalue weighted by atomic mass is 10.7. The van der Waals surface area contributed by atoms with Crippen LogP contribution in [0.25, 0.3) is 0 Å². The van der Waals surface area contributed by atoms with Crippen LogP contribution in [-0.4, -0.2) is 30.9 Å². The molecule has 0 aromatic carbocycles. The summed E-state index contributed by atoms with van der Waals surface area (Å²) >= 11 is 0. The van der Waals surface area contributed by atoms with E-state index >= 15 is 0 Å². The second-order valence-corrected chi connectivity index (χ2v) is 2.31. The molecule has 0 amide bonds. The van der Waals surface area contributed by atoms with Gasteiger partial charge in [0.05, 0.1) is 0 Å². The van der Waals surface area contributed by atoms with Crippen molar-refractivity contribution in [1.29, 1.82) is 0 Å². The summed E-state index contributed by atoms with van der Waals surface area (Å²) in [7, 11) is 0. The summed E-state index contributed by atoms with van der Waals surface area (Å²) in [5.41, 5.74) is 0. The molecule has 0 radical (unpaired) electrons. The number of carbonyl (C=O) groups excluding carboxylic acids is 1. The van der Waals surface area contributed by atoms with Crippen LogP contribution >= 0.6 is 0 Å². The Labute approximate surface area is 89.4 Å². The second kappa shape index (κ2) is 7.36. The summed E-state index contributed by atoms with van der Waals surface area (Å²) in [5, 5.41) is -1.05. The van der Waals surface area contributed by atoms with Gasteiger partial charge in [-0.05, 0) is 20.8 Å². The predicted molar refractivity (Wildman–Crippen MR) is 51.4 cm³/mol. The Kier molecular flexibility index (Phi) is 6.89. The highest BCUT2D eigenvalue weighted by molar-refractivity contribution is 5.80. The summed E-state index contributed by atoms with van der Waals surface area (Å²) in [6.45, 7) is 9.27. The summed E-state index contributed by atoms with van der Waals surface area (Å²) in [6.07, 6.45) is 1.00. The van der Waals surface area contributed by atoms with Gasteiger partial charge in [0.2, 0.25) is 0 Å². The van der Waals surface area contributed by atoms with Crippen molar-refractivity contribution in [2.45, 2.75) is 20.8 Å². The van der Waals surface area contributed by atoms with Crippen LogP contribution in [0.3, 0.4) is 0 Å². The molecule has 15 heavy (non-hydrogen) atoms. The van der Waals surface area contributed by atoms with E-state index in [1.807, 2.05) is 0 Å². The Morgan fingerprint density at radius 1 is 1.13 bits per heavy atom. The number of hydrogen-bond donors (Lipinski definition) is 0. The lowest BCUT2D eigenvalue weighted by molar-refractivity contribution is -1.46. The van der Waals surface area contributed by atoms with E-state index in [4.69, 9.17) is 19.4 Å². The van der Waals surface area contributed by atoms with E-state index in [0.717, 1.165) is 6.08 Å². The van der Waals surface area contributed by atoms with E-state index in [0.29, 0.717) is 0 Å². The molecule has 0 aliphatic heterocycles. The maximum absolute atomic E-state index is 11.1. The summed E-state index contributed by atoms with van der Waals surface area (Å²) in [5.74, 6) is -0.689. The zero-order valence-corrected chi connectivity index (χ0v) is 9.39. The third-order valence-corrected chi connectivity index (χ3v) is 1.23. The van der Waals surface area contributed by atoms with Gasteiger partial charge in [-0.25, -0.2) is 4.79 Å². The van der Waals surface area contributed by atoms with Gasteiger partial charge in [0.25, 0.3) is 5.14 Å². The first-order chi connectivity index (χ1) is 7.14. The van der Waals surface area contributed by atoms with Crippen LogP contribution in [0.4, 0.5) is 0 Å². The molecule has 88 valence electrons. The number of nitrogens with zero attached hydrogens (tertiary/aromatic N) is 1. The largest absolute Gasteiger partial charge is 0.403 e. The van der Waals surface area contributed by atoms with E-state index in [2.05, 4.69) is 6.58 Å². The monoisotopic (exact) mass is 220 g/mol. The molecule has 6 heteroatoms. The fourth-order valence-electron chi connectivity index (χ4n) is 0.813. The van der Waals surface area contributed by atoms with Gasteiger partial charge in [0.1, 0.15) is 19.8 Å². The fraction of sp³-hybridized carbons (Fsp3) is 0.667. The molecule has 0 aliphatic carbocycles. The summed E-state index contributed by atoms with van der Waals surface area (Å²) in [6, 6.07) is 0. The normalized spacial score (nSPS) is 11.1. The fourth-order valence-corrected chi connectivity index (χ4v) is 0.813. The third kappa shape index (κ3) is 4.89. The van der Waals surface area contributed by atoms with Crippen LogP contribution in [-0.2, 0) is 24.1 Å². The van der Waals surface area contributed by atoms with E-state index in [1.165, 1.54) is 0 Å². The minimum absolute atomic E-state index is 0.268. The lowest BCUT2D eigenvalue weighted by Gasteiger charge is -2.22. The average Bonchev–Trinajstić information content (AvgIpc) is 2.18. The molecule has 0 saturated heterocycles. The van der Waals surface area contributed by atoms with Crippen molar-refractivity contribution < 1.29 is 29.3 Å². The topological polar surface area (TPSA) is 54.0 Å².